The summed E-state index contributed by atoms with van der Waals surface area (Å²) in [6, 6.07) is 2.21. The minimum absolute atomic E-state index is 0.303. The van der Waals surface area contributed by atoms with Gasteiger partial charge in [-0.3, -0.25) is 0 Å². The Morgan fingerprint density at radius 1 is 1.09 bits per heavy atom. The molecule has 9 nitrogen and oxygen atoms in total. The van der Waals surface area contributed by atoms with Gasteiger partial charge in [-0.05, 0) is 83.2 Å². The molecule has 1 aliphatic heterocycles. The number of ether oxygens (including phenoxy) is 2. The molecular formula is C21H28F2IN3O6S. The number of guanidine groups is 1. The van der Waals surface area contributed by atoms with Gasteiger partial charge in [0.1, 0.15) is 16.7 Å². The molecule has 2 amide bonds. The molecule has 190 valence electrons. The van der Waals surface area contributed by atoms with Crippen LogP contribution < -0.4 is 0 Å². The molecule has 0 aromatic heterocycles. The molecule has 1 aliphatic rings. The zero-order valence-corrected chi connectivity index (χ0v) is 23.2. The summed E-state index contributed by atoms with van der Waals surface area (Å²) in [5.41, 5.74) is -4.34. The third-order valence-corrected chi connectivity index (χ3v) is 6.98. The van der Waals surface area contributed by atoms with Crippen LogP contribution in [-0.4, -0.2) is 59.8 Å². The average molecular weight is 615 g/mol. The summed E-state index contributed by atoms with van der Waals surface area (Å²) in [6.45, 7) is 10.6. The number of carbonyl (C=O) groups is 2. The zero-order valence-electron chi connectivity index (χ0n) is 20.2. The maximum absolute atomic E-state index is 14.8. The first-order valence-corrected chi connectivity index (χ1v) is 12.8. The van der Waals surface area contributed by atoms with E-state index in [-0.39, 0.29) is 5.56 Å². The van der Waals surface area contributed by atoms with Gasteiger partial charge < -0.3 is 9.47 Å². The van der Waals surface area contributed by atoms with Crippen molar-refractivity contribution >= 4 is 50.8 Å². The van der Waals surface area contributed by atoms with Crippen molar-refractivity contribution in [3.63, 3.8) is 0 Å². The summed E-state index contributed by atoms with van der Waals surface area (Å²) in [7, 11) is -3.17. The first-order chi connectivity index (χ1) is 15.2. The second kappa shape index (κ2) is 9.21. The number of aliphatic imine (C=N–C) groups is 1. The molecule has 2 rings (SSSR count). The van der Waals surface area contributed by atoms with Crippen LogP contribution in [0.5, 0.6) is 0 Å². The quantitative estimate of drug-likeness (QED) is 0.338. The lowest BCUT2D eigenvalue weighted by Gasteiger charge is -2.39. The van der Waals surface area contributed by atoms with Gasteiger partial charge in [-0.2, -0.15) is 0 Å². The van der Waals surface area contributed by atoms with E-state index in [1.54, 1.807) is 64.1 Å². The van der Waals surface area contributed by atoms with Crippen molar-refractivity contribution in [3.05, 3.63) is 32.9 Å². The molecule has 0 fully saturated rings. The van der Waals surface area contributed by atoms with E-state index in [9.17, 15) is 26.8 Å². The normalized spacial score (nSPS) is 20.4. The molecule has 13 heteroatoms. The van der Waals surface area contributed by atoms with Gasteiger partial charge in [0.05, 0.1) is 5.75 Å². The fourth-order valence-corrected chi connectivity index (χ4v) is 5.11. The predicted octanol–water partition coefficient (Wildman–Crippen LogP) is 4.59. The SMILES string of the molecule is CN1C(N(C(=O)OC(C)(C)C)C(=O)OC(C)(C)C)=NC(C)(c2cc(I)cc(F)c2F)CS1(=O)=O. The van der Waals surface area contributed by atoms with Crippen LogP contribution in [0.2, 0.25) is 0 Å². The Bertz CT molecular complexity index is 1120. The first-order valence-electron chi connectivity index (χ1n) is 10.1. The summed E-state index contributed by atoms with van der Waals surface area (Å²) < 4.78 is 66.6. The number of nitrogens with zero attached hydrogens (tertiary/aromatic N) is 3. The summed E-state index contributed by atoms with van der Waals surface area (Å²) >= 11 is 1.76. The second-order valence-corrected chi connectivity index (χ2v) is 13.2. The summed E-state index contributed by atoms with van der Waals surface area (Å²) in [6.07, 6.45) is -2.50. The fourth-order valence-electron chi connectivity index (χ4n) is 3.03. The standard InChI is InChI=1S/C21H28F2IN3O6S/c1-19(2,3)32-17(28)27(18(29)33-20(4,5)6)16-25-21(7,11-34(30,31)26(16)8)13-9-12(24)10-14(22)15(13)23/h9-10H,11H2,1-8H3. The largest absolute Gasteiger partial charge is 0.443 e. The summed E-state index contributed by atoms with van der Waals surface area (Å²) in [5.74, 6) is -3.89. The second-order valence-electron chi connectivity index (χ2n) is 9.95. The van der Waals surface area contributed by atoms with Crippen LogP contribution in [0.3, 0.4) is 0 Å². The topological polar surface area (TPSA) is 106 Å². The average Bonchev–Trinajstić information content (AvgIpc) is 2.58. The van der Waals surface area contributed by atoms with Gasteiger partial charge in [0, 0.05) is 16.2 Å². The molecule has 0 N–H and O–H groups in total. The van der Waals surface area contributed by atoms with E-state index in [0.29, 0.717) is 12.8 Å². The Balaban J connectivity index is 2.79. The van der Waals surface area contributed by atoms with E-state index in [2.05, 4.69) is 4.99 Å². The molecule has 34 heavy (non-hydrogen) atoms. The molecule has 1 unspecified atom stereocenters. The van der Waals surface area contributed by atoms with Crippen LogP contribution >= 0.6 is 22.6 Å². The Labute approximate surface area is 211 Å². The molecule has 0 radical (unpaired) electrons. The van der Waals surface area contributed by atoms with Crippen LogP contribution in [0.25, 0.3) is 0 Å². The van der Waals surface area contributed by atoms with E-state index in [1.165, 1.54) is 13.0 Å². The van der Waals surface area contributed by atoms with E-state index >= 15 is 0 Å². The third-order valence-electron chi connectivity index (χ3n) is 4.43. The van der Waals surface area contributed by atoms with E-state index in [0.717, 1.165) is 13.1 Å². The Kier molecular flexibility index (Phi) is 7.64. The number of amides is 2. The fraction of sp³-hybridized carbons (Fsp3) is 0.571. The molecule has 1 aromatic carbocycles. The highest BCUT2D eigenvalue weighted by Gasteiger charge is 2.48. The number of hydrogen-bond acceptors (Lipinski definition) is 7. The summed E-state index contributed by atoms with van der Waals surface area (Å²) in [4.78, 5) is 30.7. The van der Waals surface area contributed by atoms with E-state index in [4.69, 9.17) is 9.47 Å². The van der Waals surface area contributed by atoms with Crippen molar-refractivity contribution in [1.82, 2.24) is 9.21 Å². The van der Waals surface area contributed by atoms with Crippen molar-refractivity contribution in [2.75, 3.05) is 12.8 Å². The minimum Gasteiger partial charge on any atom is -0.443 e. The van der Waals surface area contributed by atoms with Gasteiger partial charge in [0.2, 0.25) is 16.0 Å². The van der Waals surface area contributed by atoms with Crippen molar-refractivity contribution in [2.45, 2.75) is 65.2 Å². The van der Waals surface area contributed by atoms with Crippen LogP contribution in [0.1, 0.15) is 54.0 Å². The van der Waals surface area contributed by atoms with Gasteiger partial charge in [0.25, 0.3) is 0 Å². The molecule has 1 atom stereocenters. The van der Waals surface area contributed by atoms with Gasteiger partial charge in [-0.15, -0.1) is 4.90 Å². The van der Waals surface area contributed by atoms with E-state index < -0.39 is 62.3 Å². The lowest BCUT2D eigenvalue weighted by molar-refractivity contribution is 0.0133. The smallest absolute Gasteiger partial charge is 0.427 e. The predicted molar refractivity (Wildman–Crippen MR) is 130 cm³/mol. The summed E-state index contributed by atoms with van der Waals surface area (Å²) in [5, 5.41) is 0. The number of benzene rings is 1. The third kappa shape index (κ3) is 6.34. The van der Waals surface area contributed by atoms with Gasteiger partial charge in [0.15, 0.2) is 11.6 Å². The van der Waals surface area contributed by atoms with Crippen molar-refractivity contribution in [1.29, 1.82) is 0 Å². The van der Waals surface area contributed by atoms with Crippen LogP contribution in [0.15, 0.2) is 17.1 Å². The minimum atomic E-state index is -4.25. The number of imide groups is 1. The van der Waals surface area contributed by atoms with Crippen LogP contribution in [0, 0.1) is 15.2 Å². The maximum atomic E-state index is 14.8. The molecule has 1 heterocycles. The van der Waals surface area contributed by atoms with Crippen molar-refractivity contribution in [3.8, 4) is 0 Å². The number of hydrogen-bond donors (Lipinski definition) is 0. The van der Waals surface area contributed by atoms with Crippen LogP contribution in [0.4, 0.5) is 18.4 Å². The van der Waals surface area contributed by atoms with Crippen LogP contribution in [-0.2, 0) is 25.0 Å². The van der Waals surface area contributed by atoms with Gasteiger partial charge in [-0.25, -0.2) is 36.1 Å². The van der Waals surface area contributed by atoms with Crippen molar-refractivity contribution < 1.29 is 36.3 Å². The van der Waals surface area contributed by atoms with E-state index in [1.807, 2.05) is 0 Å². The van der Waals surface area contributed by atoms with Gasteiger partial charge in [-0.1, -0.05) is 0 Å². The molecular weight excluding hydrogens is 587 g/mol. The lowest BCUT2D eigenvalue weighted by atomic mass is 9.94. The maximum Gasteiger partial charge on any atom is 0.427 e. The number of carbonyl (C=O) groups excluding carboxylic acids is 2. The molecule has 0 saturated carbocycles. The van der Waals surface area contributed by atoms with Crippen molar-refractivity contribution in [2.24, 2.45) is 4.99 Å². The zero-order chi connectivity index (χ0) is 26.4. The monoisotopic (exact) mass is 615 g/mol. The molecule has 0 aliphatic carbocycles. The highest BCUT2D eigenvalue weighted by Crippen LogP contribution is 2.36. The molecule has 0 bridgehead atoms. The number of rotatable bonds is 1. The first kappa shape index (κ1) is 28.2. The molecule has 0 saturated heterocycles. The Morgan fingerprint density at radius 3 is 2.00 bits per heavy atom. The highest BCUT2D eigenvalue weighted by atomic mass is 127. The molecule has 1 aromatic rings. The number of halogens is 3. The Hall–Kier alpha value is -2.03. The highest BCUT2D eigenvalue weighted by molar-refractivity contribution is 14.1. The lowest BCUT2D eigenvalue weighted by Crippen LogP contribution is -2.58. The Morgan fingerprint density at radius 2 is 1.56 bits per heavy atom. The number of sulfonamides is 1. The van der Waals surface area contributed by atoms with Gasteiger partial charge >= 0.3 is 12.2 Å². The molecule has 0 spiro atoms.